The van der Waals surface area contributed by atoms with E-state index in [4.69, 9.17) is 4.74 Å². The van der Waals surface area contributed by atoms with Crippen molar-refractivity contribution in [3.05, 3.63) is 42.7 Å². The van der Waals surface area contributed by atoms with Crippen LogP contribution in [0.3, 0.4) is 0 Å². The lowest BCUT2D eigenvalue weighted by Crippen LogP contribution is -2.49. The third-order valence-corrected chi connectivity index (χ3v) is 6.02. The predicted molar refractivity (Wildman–Crippen MR) is 95.5 cm³/mol. The van der Waals surface area contributed by atoms with Gasteiger partial charge in [-0.2, -0.15) is 9.40 Å². The Hall–Kier alpha value is -2.39. The quantitative estimate of drug-likeness (QED) is 0.856. The van der Waals surface area contributed by atoms with Gasteiger partial charge in [-0.15, -0.1) is 0 Å². The van der Waals surface area contributed by atoms with Crippen molar-refractivity contribution in [1.82, 2.24) is 19.4 Å². The number of hydrogen-bond acceptors (Lipinski definition) is 5. The Bertz CT molecular complexity index is 851. The fourth-order valence-corrected chi connectivity index (χ4v) is 4.39. The van der Waals surface area contributed by atoms with Crippen LogP contribution >= 0.6 is 0 Å². The summed E-state index contributed by atoms with van der Waals surface area (Å²) >= 11 is 0. The number of para-hydroxylation sites is 1. The maximum absolute atomic E-state index is 12.9. The summed E-state index contributed by atoms with van der Waals surface area (Å²) in [7, 11) is -3.67. The van der Waals surface area contributed by atoms with Crippen molar-refractivity contribution >= 4 is 16.1 Å². The van der Waals surface area contributed by atoms with Gasteiger partial charge in [-0.25, -0.2) is 17.9 Å². The summed E-state index contributed by atoms with van der Waals surface area (Å²) in [5.74, 6) is 0. The highest BCUT2D eigenvalue weighted by molar-refractivity contribution is 7.89. The molecule has 1 unspecified atom stereocenters. The van der Waals surface area contributed by atoms with Crippen LogP contribution in [-0.2, 0) is 14.8 Å². The first-order chi connectivity index (χ1) is 12.5. The molecule has 0 saturated carbocycles. The minimum atomic E-state index is -3.67. The highest BCUT2D eigenvalue weighted by atomic mass is 32.2. The summed E-state index contributed by atoms with van der Waals surface area (Å²) in [5, 5.41) is 6.88. The molecule has 1 aliphatic rings. The average Bonchev–Trinajstić information content (AvgIpc) is 3.14. The molecule has 1 amide bonds. The Balaban J connectivity index is 1.73. The lowest BCUT2D eigenvalue weighted by Gasteiger charge is -2.31. The van der Waals surface area contributed by atoms with E-state index in [0.717, 1.165) is 5.69 Å². The van der Waals surface area contributed by atoms with Crippen molar-refractivity contribution in [3.63, 3.8) is 0 Å². The lowest BCUT2D eigenvalue weighted by molar-refractivity contribution is 0.142. The van der Waals surface area contributed by atoms with Crippen LogP contribution in [0.4, 0.5) is 4.79 Å². The van der Waals surface area contributed by atoms with E-state index in [0.29, 0.717) is 19.4 Å². The number of aromatic nitrogens is 2. The monoisotopic (exact) mass is 378 g/mol. The molecule has 26 heavy (non-hydrogen) atoms. The molecule has 140 valence electrons. The number of sulfonamides is 1. The number of carbonyl (C=O) groups excluding carboxylic acids is 1. The summed E-state index contributed by atoms with van der Waals surface area (Å²) in [6.45, 7) is 2.64. The van der Waals surface area contributed by atoms with Crippen molar-refractivity contribution in [2.45, 2.75) is 30.7 Å². The fourth-order valence-electron chi connectivity index (χ4n) is 2.93. The van der Waals surface area contributed by atoms with Crippen LogP contribution in [0.15, 0.2) is 47.6 Å². The number of rotatable bonds is 5. The molecular formula is C17H22N4O4S. The zero-order chi connectivity index (χ0) is 18.6. The molecule has 1 aromatic heterocycles. The minimum absolute atomic E-state index is 0.137. The van der Waals surface area contributed by atoms with Gasteiger partial charge in [0, 0.05) is 19.1 Å². The molecule has 2 heterocycles. The molecule has 8 nitrogen and oxygen atoms in total. The number of piperidine rings is 1. The highest BCUT2D eigenvalue weighted by Crippen LogP contribution is 2.21. The highest BCUT2D eigenvalue weighted by Gasteiger charge is 2.32. The molecule has 3 rings (SSSR count). The minimum Gasteiger partial charge on any atom is -0.450 e. The van der Waals surface area contributed by atoms with Crippen LogP contribution in [0.2, 0.25) is 0 Å². The SMILES string of the molecule is CCOC(=O)NC1CCCN(S(=O)(=O)c2cnn(-c3ccccc3)c2)C1. The van der Waals surface area contributed by atoms with E-state index in [1.54, 1.807) is 6.92 Å². The topological polar surface area (TPSA) is 93.5 Å². The third kappa shape index (κ3) is 4.05. The van der Waals surface area contributed by atoms with Gasteiger partial charge in [0.25, 0.3) is 0 Å². The number of benzene rings is 1. The predicted octanol–water partition coefficient (Wildman–Crippen LogP) is 1.77. The number of hydrogen-bond donors (Lipinski definition) is 1. The van der Waals surface area contributed by atoms with E-state index in [1.807, 2.05) is 30.3 Å². The Labute approximate surface area is 152 Å². The molecule has 1 aromatic carbocycles. The van der Waals surface area contributed by atoms with Crippen molar-refractivity contribution in [2.24, 2.45) is 0 Å². The van der Waals surface area contributed by atoms with Crippen molar-refractivity contribution < 1.29 is 17.9 Å². The van der Waals surface area contributed by atoms with Gasteiger partial charge in [-0.1, -0.05) is 18.2 Å². The molecule has 9 heteroatoms. The molecular weight excluding hydrogens is 356 g/mol. The zero-order valence-electron chi connectivity index (χ0n) is 14.5. The first-order valence-electron chi connectivity index (χ1n) is 8.54. The van der Waals surface area contributed by atoms with Gasteiger partial charge in [-0.3, -0.25) is 0 Å². The van der Waals surface area contributed by atoms with Crippen LogP contribution in [0.5, 0.6) is 0 Å². The van der Waals surface area contributed by atoms with E-state index in [9.17, 15) is 13.2 Å². The summed E-state index contributed by atoms with van der Waals surface area (Å²) < 4.78 is 33.6. The zero-order valence-corrected chi connectivity index (χ0v) is 15.4. The number of amides is 1. The first-order valence-corrected chi connectivity index (χ1v) is 9.98. The number of carbonyl (C=O) groups is 1. The molecule has 2 aromatic rings. The number of ether oxygens (including phenoxy) is 1. The largest absolute Gasteiger partial charge is 0.450 e. The van der Waals surface area contributed by atoms with Gasteiger partial charge < -0.3 is 10.1 Å². The normalized spacial score (nSPS) is 18.4. The first kappa shape index (κ1) is 18.4. The second-order valence-corrected chi connectivity index (χ2v) is 7.96. The van der Waals surface area contributed by atoms with E-state index in [-0.39, 0.29) is 24.1 Å². The van der Waals surface area contributed by atoms with Crippen molar-refractivity contribution in [1.29, 1.82) is 0 Å². The molecule has 1 N–H and O–H groups in total. The molecule has 1 fully saturated rings. The summed E-state index contributed by atoms with van der Waals surface area (Å²) in [6, 6.07) is 9.05. The van der Waals surface area contributed by atoms with Gasteiger partial charge in [-0.05, 0) is 31.9 Å². The number of alkyl carbamates (subject to hydrolysis) is 1. The van der Waals surface area contributed by atoms with E-state index < -0.39 is 16.1 Å². The van der Waals surface area contributed by atoms with Crippen molar-refractivity contribution in [3.8, 4) is 5.69 Å². The maximum atomic E-state index is 12.9. The second-order valence-electron chi connectivity index (χ2n) is 6.02. The molecule has 1 saturated heterocycles. The van der Waals surface area contributed by atoms with Crippen LogP contribution in [0, 0.1) is 0 Å². The Morgan fingerprint density at radius 2 is 2.12 bits per heavy atom. The van der Waals surface area contributed by atoms with E-state index >= 15 is 0 Å². The molecule has 1 atom stereocenters. The number of nitrogens with zero attached hydrogens (tertiary/aromatic N) is 3. The maximum Gasteiger partial charge on any atom is 0.407 e. The van der Waals surface area contributed by atoms with Crippen molar-refractivity contribution in [2.75, 3.05) is 19.7 Å². The van der Waals surface area contributed by atoms with Gasteiger partial charge in [0.05, 0.1) is 24.7 Å². The lowest BCUT2D eigenvalue weighted by atomic mass is 10.1. The Morgan fingerprint density at radius 3 is 2.85 bits per heavy atom. The fraction of sp³-hybridized carbons (Fsp3) is 0.412. The average molecular weight is 378 g/mol. The molecule has 0 spiro atoms. The van der Waals surface area contributed by atoms with Gasteiger partial charge in [0.2, 0.25) is 10.0 Å². The Morgan fingerprint density at radius 1 is 1.35 bits per heavy atom. The van der Waals surface area contributed by atoms with Crippen LogP contribution in [-0.4, -0.2) is 54.3 Å². The number of nitrogens with one attached hydrogen (secondary N) is 1. The molecule has 1 aliphatic heterocycles. The summed E-state index contributed by atoms with van der Waals surface area (Å²) in [5.41, 5.74) is 0.787. The molecule has 0 bridgehead atoms. The molecule has 0 radical (unpaired) electrons. The molecule has 0 aliphatic carbocycles. The Kier molecular flexibility index (Phi) is 5.58. The van der Waals surface area contributed by atoms with E-state index in [2.05, 4.69) is 10.4 Å². The van der Waals surface area contributed by atoms with E-state index in [1.165, 1.54) is 21.4 Å². The summed E-state index contributed by atoms with van der Waals surface area (Å²) in [4.78, 5) is 11.7. The summed E-state index contributed by atoms with van der Waals surface area (Å²) in [6.07, 6.45) is 3.73. The van der Waals surface area contributed by atoms with Crippen LogP contribution in [0.1, 0.15) is 19.8 Å². The smallest absolute Gasteiger partial charge is 0.407 e. The second kappa shape index (κ2) is 7.88. The van der Waals surface area contributed by atoms with Crippen LogP contribution < -0.4 is 5.32 Å². The van der Waals surface area contributed by atoms with Crippen LogP contribution in [0.25, 0.3) is 5.69 Å². The van der Waals surface area contributed by atoms with Gasteiger partial charge in [0.1, 0.15) is 4.90 Å². The van der Waals surface area contributed by atoms with Gasteiger partial charge >= 0.3 is 6.09 Å². The standard InChI is InChI=1S/C17H22N4O4S/c1-2-25-17(22)19-14-7-6-10-20(12-14)26(23,24)16-11-18-21(13-16)15-8-4-3-5-9-15/h3-5,8-9,11,13-14H,2,6-7,10,12H2,1H3,(H,19,22). The third-order valence-electron chi connectivity index (χ3n) is 4.20. The van der Waals surface area contributed by atoms with Gasteiger partial charge in [0.15, 0.2) is 0 Å².